The number of nitrogens with one attached hydrogen (secondary N) is 1. The van der Waals surface area contributed by atoms with E-state index in [1.165, 1.54) is 6.42 Å². The Balaban J connectivity index is 2.24. The summed E-state index contributed by atoms with van der Waals surface area (Å²) in [4.78, 5) is 0. The molecule has 90 valence electrons. The first-order valence-corrected chi connectivity index (χ1v) is 6.22. The fourth-order valence-electron chi connectivity index (χ4n) is 1.36. The molecule has 0 amide bonds. The lowest BCUT2D eigenvalue weighted by atomic mass is 10.2. The summed E-state index contributed by atoms with van der Waals surface area (Å²) in [6.07, 6.45) is 3.35. The summed E-state index contributed by atoms with van der Waals surface area (Å²) in [6.45, 7) is 1.74. The lowest BCUT2D eigenvalue weighted by molar-refractivity contribution is 0.305. The Labute approximate surface area is 107 Å². The highest BCUT2D eigenvalue weighted by atomic mass is 35.5. The van der Waals surface area contributed by atoms with E-state index in [4.69, 9.17) is 27.9 Å². The van der Waals surface area contributed by atoms with E-state index in [1.54, 1.807) is 6.07 Å². The molecule has 0 spiro atoms. The standard InChI is InChI=1S/C12H17Cl2NO/c1-15-8-3-2-4-9-16-11-7-5-6-10(13)12(11)14/h5-7,15H,2-4,8-9H2,1H3. The Hall–Kier alpha value is -0.440. The van der Waals surface area contributed by atoms with Crippen LogP contribution in [0.25, 0.3) is 0 Å². The molecule has 0 fully saturated rings. The zero-order valence-corrected chi connectivity index (χ0v) is 10.9. The van der Waals surface area contributed by atoms with E-state index in [9.17, 15) is 0 Å². The molecule has 0 radical (unpaired) electrons. The Morgan fingerprint density at radius 1 is 1.19 bits per heavy atom. The molecule has 4 heteroatoms. The van der Waals surface area contributed by atoms with Crippen molar-refractivity contribution in [3.05, 3.63) is 28.2 Å². The average molecular weight is 262 g/mol. The molecular weight excluding hydrogens is 245 g/mol. The van der Waals surface area contributed by atoms with Crippen molar-refractivity contribution in [2.45, 2.75) is 19.3 Å². The number of benzene rings is 1. The highest BCUT2D eigenvalue weighted by molar-refractivity contribution is 6.42. The van der Waals surface area contributed by atoms with E-state index >= 15 is 0 Å². The van der Waals surface area contributed by atoms with Crippen LogP contribution in [0.3, 0.4) is 0 Å². The molecule has 2 nitrogen and oxygen atoms in total. The predicted molar refractivity (Wildman–Crippen MR) is 69.7 cm³/mol. The molecule has 1 N–H and O–H groups in total. The predicted octanol–water partition coefficient (Wildman–Crippen LogP) is 3.76. The van der Waals surface area contributed by atoms with Crippen LogP contribution in [-0.2, 0) is 0 Å². The van der Waals surface area contributed by atoms with Gasteiger partial charge in [0, 0.05) is 0 Å². The van der Waals surface area contributed by atoms with Gasteiger partial charge in [0.15, 0.2) is 0 Å². The van der Waals surface area contributed by atoms with Crippen molar-refractivity contribution in [3.63, 3.8) is 0 Å². The van der Waals surface area contributed by atoms with Gasteiger partial charge >= 0.3 is 0 Å². The monoisotopic (exact) mass is 261 g/mol. The number of hydrogen-bond acceptors (Lipinski definition) is 2. The molecular formula is C12H17Cl2NO. The number of rotatable bonds is 7. The number of ether oxygens (including phenoxy) is 1. The van der Waals surface area contributed by atoms with Gasteiger partial charge in [0.1, 0.15) is 10.8 Å². The summed E-state index contributed by atoms with van der Waals surface area (Å²) in [5.41, 5.74) is 0. The summed E-state index contributed by atoms with van der Waals surface area (Å²) in [6, 6.07) is 5.43. The van der Waals surface area contributed by atoms with Crippen molar-refractivity contribution in [2.24, 2.45) is 0 Å². The van der Waals surface area contributed by atoms with Gasteiger partial charge in [-0.3, -0.25) is 0 Å². The summed E-state index contributed by atoms with van der Waals surface area (Å²) < 4.78 is 5.56. The molecule has 1 rings (SSSR count). The number of halogens is 2. The quantitative estimate of drug-likeness (QED) is 0.755. The molecule has 16 heavy (non-hydrogen) atoms. The third kappa shape index (κ3) is 4.60. The van der Waals surface area contributed by atoms with Crippen LogP contribution < -0.4 is 10.1 Å². The first-order chi connectivity index (χ1) is 7.75. The topological polar surface area (TPSA) is 21.3 Å². The second-order valence-corrected chi connectivity index (χ2v) is 4.35. The third-order valence-corrected chi connectivity index (χ3v) is 3.05. The van der Waals surface area contributed by atoms with Gasteiger partial charge < -0.3 is 10.1 Å². The van der Waals surface area contributed by atoms with Crippen LogP contribution >= 0.6 is 23.2 Å². The van der Waals surface area contributed by atoms with Crippen molar-refractivity contribution in [3.8, 4) is 5.75 Å². The maximum absolute atomic E-state index is 5.99. The second kappa shape index (κ2) is 7.77. The molecule has 0 atom stereocenters. The summed E-state index contributed by atoms with van der Waals surface area (Å²) in [5, 5.41) is 4.15. The molecule has 0 saturated carbocycles. The first-order valence-electron chi connectivity index (χ1n) is 5.47. The maximum Gasteiger partial charge on any atom is 0.139 e. The molecule has 0 saturated heterocycles. The van der Waals surface area contributed by atoms with E-state index in [0.29, 0.717) is 22.4 Å². The molecule has 0 heterocycles. The van der Waals surface area contributed by atoms with Crippen molar-refractivity contribution in [2.75, 3.05) is 20.2 Å². The van der Waals surface area contributed by atoms with Crippen LogP contribution in [0.4, 0.5) is 0 Å². The summed E-state index contributed by atoms with van der Waals surface area (Å²) in [5.74, 6) is 0.669. The van der Waals surface area contributed by atoms with Crippen molar-refractivity contribution >= 4 is 23.2 Å². The van der Waals surface area contributed by atoms with Crippen LogP contribution in [0.2, 0.25) is 10.0 Å². The van der Waals surface area contributed by atoms with E-state index in [0.717, 1.165) is 19.4 Å². The Kier molecular flexibility index (Phi) is 6.62. The fraction of sp³-hybridized carbons (Fsp3) is 0.500. The van der Waals surface area contributed by atoms with Gasteiger partial charge in [0.2, 0.25) is 0 Å². The minimum atomic E-state index is 0.499. The molecule has 0 aliphatic rings. The Morgan fingerprint density at radius 3 is 2.75 bits per heavy atom. The van der Waals surface area contributed by atoms with Crippen LogP contribution in [0, 0.1) is 0 Å². The van der Waals surface area contributed by atoms with Crippen LogP contribution in [0.15, 0.2) is 18.2 Å². The van der Waals surface area contributed by atoms with Gasteiger partial charge in [-0.1, -0.05) is 29.3 Å². The largest absolute Gasteiger partial charge is 0.492 e. The number of unbranched alkanes of at least 4 members (excludes halogenated alkanes) is 2. The van der Waals surface area contributed by atoms with Gasteiger partial charge in [-0.15, -0.1) is 0 Å². The van der Waals surface area contributed by atoms with E-state index in [-0.39, 0.29) is 0 Å². The summed E-state index contributed by atoms with van der Waals surface area (Å²) in [7, 11) is 1.96. The average Bonchev–Trinajstić information content (AvgIpc) is 2.29. The molecule has 0 aliphatic heterocycles. The number of hydrogen-bond donors (Lipinski definition) is 1. The van der Waals surface area contributed by atoms with Gasteiger partial charge in [0.25, 0.3) is 0 Å². The van der Waals surface area contributed by atoms with Gasteiger partial charge in [-0.2, -0.15) is 0 Å². The third-order valence-electron chi connectivity index (χ3n) is 2.24. The minimum absolute atomic E-state index is 0.499. The van der Waals surface area contributed by atoms with Gasteiger partial charge in [-0.25, -0.2) is 0 Å². The van der Waals surface area contributed by atoms with E-state index < -0.39 is 0 Å². The van der Waals surface area contributed by atoms with Crippen LogP contribution in [-0.4, -0.2) is 20.2 Å². The Bertz CT molecular complexity index is 318. The fourth-order valence-corrected chi connectivity index (χ4v) is 1.70. The highest BCUT2D eigenvalue weighted by Crippen LogP contribution is 2.31. The highest BCUT2D eigenvalue weighted by Gasteiger charge is 2.04. The van der Waals surface area contributed by atoms with Crippen LogP contribution in [0.5, 0.6) is 5.75 Å². The molecule has 0 unspecified atom stereocenters. The minimum Gasteiger partial charge on any atom is -0.492 e. The zero-order valence-electron chi connectivity index (χ0n) is 9.43. The van der Waals surface area contributed by atoms with E-state index in [1.807, 2.05) is 19.2 Å². The SMILES string of the molecule is CNCCCCCOc1cccc(Cl)c1Cl. The molecule has 0 aromatic heterocycles. The van der Waals surface area contributed by atoms with Gasteiger partial charge in [-0.05, 0) is 45.0 Å². The van der Waals surface area contributed by atoms with E-state index in [2.05, 4.69) is 5.32 Å². The lowest BCUT2D eigenvalue weighted by Crippen LogP contribution is -2.07. The second-order valence-electron chi connectivity index (χ2n) is 3.56. The maximum atomic E-state index is 5.99. The first kappa shape index (κ1) is 13.6. The van der Waals surface area contributed by atoms with Gasteiger partial charge in [0.05, 0.1) is 11.6 Å². The zero-order chi connectivity index (χ0) is 11.8. The molecule has 0 bridgehead atoms. The smallest absolute Gasteiger partial charge is 0.139 e. The molecule has 1 aromatic carbocycles. The van der Waals surface area contributed by atoms with Crippen molar-refractivity contribution in [1.82, 2.24) is 5.32 Å². The van der Waals surface area contributed by atoms with Crippen LogP contribution in [0.1, 0.15) is 19.3 Å². The van der Waals surface area contributed by atoms with Crippen molar-refractivity contribution in [1.29, 1.82) is 0 Å². The van der Waals surface area contributed by atoms with Crippen molar-refractivity contribution < 1.29 is 4.74 Å². The summed E-state index contributed by atoms with van der Waals surface area (Å²) >= 11 is 11.9. The lowest BCUT2D eigenvalue weighted by Gasteiger charge is -2.08. The normalized spacial score (nSPS) is 10.4. The molecule has 1 aromatic rings. The molecule has 0 aliphatic carbocycles. The Morgan fingerprint density at radius 2 is 2.00 bits per heavy atom.